The number of anilines is 1. The van der Waals surface area contributed by atoms with Gasteiger partial charge in [0.2, 0.25) is 0 Å². The van der Waals surface area contributed by atoms with E-state index in [1.165, 1.54) is 11.1 Å². The number of benzene rings is 1. The molecule has 0 fully saturated rings. The molecule has 1 unspecified atom stereocenters. The van der Waals surface area contributed by atoms with Crippen molar-refractivity contribution in [2.24, 2.45) is 0 Å². The fraction of sp³-hybridized carbons (Fsp3) is 0.294. The summed E-state index contributed by atoms with van der Waals surface area (Å²) in [5.41, 5.74) is 3.98. The smallest absolute Gasteiger partial charge is 0.253 e. The molecule has 0 radical (unpaired) electrons. The van der Waals surface area contributed by atoms with Gasteiger partial charge in [-0.3, -0.25) is 9.78 Å². The van der Waals surface area contributed by atoms with Crippen LogP contribution in [0.15, 0.2) is 42.7 Å². The maximum Gasteiger partial charge on any atom is 0.253 e. The Morgan fingerprint density at radius 1 is 1.29 bits per heavy atom. The van der Waals surface area contributed by atoms with Crippen molar-refractivity contribution >= 4 is 11.6 Å². The van der Waals surface area contributed by atoms with Crippen LogP contribution in [0.4, 0.5) is 5.69 Å². The monoisotopic (exact) mass is 281 g/mol. The minimum Gasteiger partial charge on any atom is -0.386 e. The molecule has 1 aromatic heterocycles. The van der Waals surface area contributed by atoms with Gasteiger partial charge in [-0.1, -0.05) is 24.3 Å². The van der Waals surface area contributed by atoms with E-state index in [1.807, 2.05) is 6.07 Å². The molecule has 21 heavy (non-hydrogen) atoms. The molecular formula is C17H19N3O. The van der Waals surface area contributed by atoms with Crippen molar-refractivity contribution < 1.29 is 4.79 Å². The van der Waals surface area contributed by atoms with Crippen LogP contribution in [-0.2, 0) is 6.42 Å². The third-order valence-corrected chi connectivity index (χ3v) is 4.01. The molecule has 0 saturated carbocycles. The predicted molar refractivity (Wildman–Crippen MR) is 83.4 cm³/mol. The number of aryl methyl sites for hydroxylation is 1. The SMILES string of the molecule is CNc1cnccc1C(=O)NC1CCCc2ccccc21. The quantitative estimate of drug-likeness (QED) is 0.909. The molecule has 1 aliphatic carbocycles. The van der Waals surface area contributed by atoms with E-state index < -0.39 is 0 Å². The summed E-state index contributed by atoms with van der Waals surface area (Å²) in [5, 5.41) is 6.17. The van der Waals surface area contributed by atoms with E-state index >= 15 is 0 Å². The van der Waals surface area contributed by atoms with Crippen molar-refractivity contribution in [1.29, 1.82) is 0 Å². The summed E-state index contributed by atoms with van der Waals surface area (Å²) < 4.78 is 0. The van der Waals surface area contributed by atoms with Crippen LogP contribution in [0.25, 0.3) is 0 Å². The van der Waals surface area contributed by atoms with Gasteiger partial charge in [-0.05, 0) is 36.5 Å². The first-order valence-electron chi connectivity index (χ1n) is 7.30. The third-order valence-electron chi connectivity index (χ3n) is 4.01. The lowest BCUT2D eigenvalue weighted by molar-refractivity contribution is 0.0933. The van der Waals surface area contributed by atoms with E-state index in [4.69, 9.17) is 0 Å². The molecule has 0 bridgehead atoms. The molecule has 1 heterocycles. The zero-order valence-electron chi connectivity index (χ0n) is 12.1. The highest BCUT2D eigenvalue weighted by Gasteiger charge is 2.22. The Hall–Kier alpha value is -2.36. The fourth-order valence-corrected chi connectivity index (χ4v) is 2.93. The van der Waals surface area contributed by atoms with Crippen LogP contribution >= 0.6 is 0 Å². The average molecular weight is 281 g/mol. The van der Waals surface area contributed by atoms with E-state index in [1.54, 1.807) is 25.5 Å². The molecule has 2 N–H and O–H groups in total. The summed E-state index contributed by atoms with van der Waals surface area (Å²) in [4.78, 5) is 16.6. The van der Waals surface area contributed by atoms with E-state index in [0.29, 0.717) is 5.56 Å². The Morgan fingerprint density at radius 3 is 3.00 bits per heavy atom. The van der Waals surface area contributed by atoms with Crippen molar-refractivity contribution in [1.82, 2.24) is 10.3 Å². The summed E-state index contributed by atoms with van der Waals surface area (Å²) in [6.45, 7) is 0. The second-order valence-corrected chi connectivity index (χ2v) is 5.29. The minimum atomic E-state index is -0.0524. The number of hydrogen-bond acceptors (Lipinski definition) is 3. The number of rotatable bonds is 3. The lowest BCUT2D eigenvalue weighted by Gasteiger charge is -2.26. The van der Waals surface area contributed by atoms with Crippen LogP contribution < -0.4 is 10.6 Å². The Kier molecular flexibility index (Phi) is 3.86. The topological polar surface area (TPSA) is 54.0 Å². The van der Waals surface area contributed by atoms with E-state index in [9.17, 15) is 4.79 Å². The predicted octanol–water partition coefficient (Wildman–Crippen LogP) is 2.93. The molecule has 4 nitrogen and oxygen atoms in total. The van der Waals surface area contributed by atoms with E-state index in [0.717, 1.165) is 24.9 Å². The van der Waals surface area contributed by atoms with Gasteiger partial charge in [-0.25, -0.2) is 0 Å². The van der Waals surface area contributed by atoms with E-state index in [-0.39, 0.29) is 11.9 Å². The summed E-state index contributed by atoms with van der Waals surface area (Å²) in [6.07, 6.45) is 6.51. The van der Waals surface area contributed by atoms with Crippen molar-refractivity contribution in [2.45, 2.75) is 25.3 Å². The van der Waals surface area contributed by atoms with Crippen molar-refractivity contribution in [2.75, 3.05) is 12.4 Å². The minimum absolute atomic E-state index is 0.0524. The molecule has 0 aliphatic heterocycles. The Labute approximate surface area is 124 Å². The fourth-order valence-electron chi connectivity index (χ4n) is 2.93. The summed E-state index contributed by atoms with van der Waals surface area (Å²) in [6, 6.07) is 10.2. The van der Waals surface area contributed by atoms with Gasteiger partial charge >= 0.3 is 0 Å². The number of nitrogens with zero attached hydrogens (tertiary/aromatic N) is 1. The Balaban J connectivity index is 1.83. The zero-order chi connectivity index (χ0) is 14.7. The highest BCUT2D eigenvalue weighted by Crippen LogP contribution is 2.29. The highest BCUT2D eigenvalue weighted by atomic mass is 16.1. The number of aromatic nitrogens is 1. The highest BCUT2D eigenvalue weighted by molar-refractivity contribution is 5.99. The third kappa shape index (κ3) is 2.75. The van der Waals surface area contributed by atoms with Gasteiger partial charge in [0.1, 0.15) is 0 Å². The second kappa shape index (κ2) is 5.95. The number of nitrogens with one attached hydrogen (secondary N) is 2. The number of pyridine rings is 1. The summed E-state index contributed by atoms with van der Waals surface area (Å²) >= 11 is 0. The van der Waals surface area contributed by atoms with Crippen LogP contribution in [0, 0.1) is 0 Å². The standard InChI is InChI=1S/C17H19N3O/c1-18-16-11-19-10-9-14(16)17(21)20-15-8-4-6-12-5-2-3-7-13(12)15/h2-3,5,7,9-11,15,18H,4,6,8H2,1H3,(H,20,21). The molecule has 1 atom stereocenters. The van der Waals surface area contributed by atoms with Crippen LogP contribution in [0.2, 0.25) is 0 Å². The number of carbonyl (C=O) groups excluding carboxylic acids is 1. The van der Waals surface area contributed by atoms with Gasteiger partial charge < -0.3 is 10.6 Å². The molecule has 0 spiro atoms. The lowest BCUT2D eigenvalue weighted by atomic mass is 9.87. The molecule has 1 aromatic carbocycles. The maximum absolute atomic E-state index is 12.5. The van der Waals surface area contributed by atoms with Crippen LogP contribution in [0.5, 0.6) is 0 Å². The van der Waals surface area contributed by atoms with Crippen LogP contribution in [0.3, 0.4) is 0 Å². The van der Waals surface area contributed by atoms with E-state index in [2.05, 4.69) is 33.8 Å². The van der Waals surface area contributed by atoms with Gasteiger partial charge in [-0.15, -0.1) is 0 Å². The van der Waals surface area contributed by atoms with Gasteiger partial charge in [0, 0.05) is 13.2 Å². The molecule has 108 valence electrons. The first kappa shape index (κ1) is 13.6. The van der Waals surface area contributed by atoms with Crippen LogP contribution in [-0.4, -0.2) is 17.9 Å². The van der Waals surface area contributed by atoms with Crippen molar-refractivity contribution in [3.8, 4) is 0 Å². The Morgan fingerprint density at radius 2 is 2.14 bits per heavy atom. The zero-order valence-corrected chi connectivity index (χ0v) is 12.1. The van der Waals surface area contributed by atoms with Gasteiger partial charge in [-0.2, -0.15) is 0 Å². The van der Waals surface area contributed by atoms with Crippen molar-refractivity contribution in [3.63, 3.8) is 0 Å². The number of amides is 1. The molecule has 1 amide bonds. The van der Waals surface area contributed by atoms with Gasteiger partial charge in [0.15, 0.2) is 0 Å². The molecule has 3 rings (SSSR count). The van der Waals surface area contributed by atoms with Crippen LogP contribution in [0.1, 0.15) is 40.4 Å². The molecular weight excluding hydrogens is 262 g/mol. The average Bonchev–Trinajstić information content (AvgIpc) is 2.55. The van der Waals surface area contributed by atoms with Crippen molar-refractivity contribution in [3.05, 3.63) is 59.4 Å². The molecule has 1 aliphatic rings. The Bertz CT molecular complexity index is 654. The second-order valence-electron chi connectivity index (χ2n) is 5.29. The van der Waals surface area contributed by atoms with Gasteiger partial charge in [0.25, 0.3) is 5.91 Å². The molecule has 2 aromatic rings. The molecule has 4 heteroatoms. The number of carbonyl (C=O) groups is 1. The number of fused-ring (bicyclic) bond motifs is 1. The maximum atomic E-state index is 12.5. The van der Waals surface area contributed by atoms with Gasteiger partial charge in [0.05, 0.1) is 23.5 Å². The first-order valence-corrected chi connectivity index (χ1v) is 7.30. The first-order chi connectivity index (χ1) is 10.3. The summed E-state index contributed by atoms with van der Waals surface area (Å²) in [5.74, 6) is -0.0524. The largest absolute Gasteiger partial charge is 0.386 e. The lowest BCUT2D eigenvalue weighted by Crippen LogP contribution is -2.31. The normalized spacial score (nSPS) is 16.9. The number of hydrogen-bond donors (Lipinski definition) is 2. The summed E-state index contributed by atoms with van der Waals surface area (Å²) in [7, 11) is 1.80. The molecule has 0 saturated heterocycles.